The summed E-state index contributed by atoms with van der Waals surface area (Å²) in [5.41, 5.74) is 2.92. The van der Waals surface area contributed by atoms with Gasteiger partial charge in [-0.25, -0.2) is 0 Å². The average molecular weight is 568 g/mol. The maximum atomic E-state index is 2.42. The number of nitrogens with zero attached hydrogens (tertiary/aromatic N) is 1. The van der Waals surface area contributed by atoms with Crippen LogP contribution in [0.25, 0.3) is 0 Å². The van der Waals surface area contributed by atoms with Gasteiger partial charge in [-0.05, 0) is 79.3 Å². The van der Waals surface area contributed by atoms with Crippen molar-refractivity contribution in [2.24, 2.45) is 0 Å². The predicted molar refractivity (Wildman–Crippen MR) is 181 cm³/mol. The average Bonchev–Trinajstić information content (AvgIpc) is 3.49. The summed E-state index contributed by atoms with van der Waals surface area (Å²) in [5, 5.41) is 8.47. The Kier molecular flexibility index (Phi) is 8.69. The van der Waals surface area contributed by atoms with Crippen molar-refractivity contribution >= 4 is 42.4 Å². The van der Waals surface area contributed by atoms with Gasteiger partial charge in [-0.3, -0.25) is 4.90 Å². The van der Waals surface area contributed by atoms with Crippen LogP contribution in [0.5, 0.6) is 0 Å². The molecule has 202 valence electrons. The van der Waals surface area contributed by atoms with E-state index in [2.05, 4.69) is 177 Å². The third-order valence-electron chi connectivity index (χ3n) is 7.56. The fourth-order valence-corrected chi connectivity index (χ4v) is 10.9. The first-order valence-corrected chi connectivity index (χ1v) is 16.9. The standard InChI is InChI=1S/C38H35NP2/c1-39(2)38(35-27-17-29-37(35)41(32-22-11-5-12-23-32)33-24-13-6-14-25-33)34-26-15-16-28-36(34)40(30-18-7-3-8-19-30)31-20-9-4-10-21-31/h3-26,28-29,38H,27H2,1-2H3/t38-/m0/s1. The molecule has 0 aromatic heterocycles. The highest BCUT2D eigenvalue weighted by atomic mass is 31.1. The summed E-state index contributed by atoms with van der Waals surface area (Å²) in [6, 6.07) is 53.7. The zero-order valence-electron chi connectivity index (χ0n) is 23.6. The minimum absolute atomic E-state index is 0.172. The monoisotopic (exact) mass is 567 g/mol. The first-order valence-electron chi connectivity index (χ1n) is 14.2. The second-order valence-corrected chi connectivity index (χ2v) is 14.8. The van der Waals surface area contributed by atoms with Crippen molar-refractivity contribution in [3.05, 3.63) is 174 Å². The smallest absolute Gasteiger partial charge is 0.0575 e. The van der Waals surface area contributed by atoms with Gasteiger partial charge in [0.25, 0.3) is 0 Å². The van der Waals surface area contributed by atoms with Crippen LogP contribution < -0.4 is 26.5 Å². The lowest BCUT2D eigenvalue weighted by atomic mass is 9.96. The molecule has 6 rings (SSSR count). The summed E-state index contributed by atoms with van der Waals surface area (Å²) in [5.74, 6) is 0. The van der Waals surface area contributed by atoms with E-state index in [1.54, 1.807) is 0 Å². The fourth-order valence-electron chi connectivity index (χ4n) is 5.84. The van der Waals surface area contributed by atoms with Gasteiger partial charge in [-0.2, -0.15) is 0 Å². The van der Waals surface area contributed by atoms with Gasteiger partial charge in [-0.1, -0.05) is 158 Å². The Hall–Kier alpha value is -3.60. The fraction of sp³-hybridized carbons (Fsp3) is 0.105. The molecule has 0 saturated carbocycles. The lowest BCUT2D eigenvalue weighted by Crippen LogP contribution is -2.30. The Bertz CT molecular complexity index is 1550. The van der Waals surface area contributed by atoms with Crippen LogP contribution in [-0.4, -0.2) is 19.0 Å². The van der Waals surface area contributed by atoms with Gasteiger partial charge in [-0.15, -0.1) is 0 Å². The number of likely N-dealkylation sites (N-methyl/N-ethyl adjacent to an activating group) is 1. The van der Waals surface area contributed by atoms with Crippen molar-refractivity contribution in [2.75, 3.05) is 14.1 Å². The highest BCUT2D eigenvalue weighted by Crippen LogP contribution is 2.51. The molecule has 1 aliphatic rings. The van der Waals surface area contributed by atoms with E-state index >= 15 is 0 Å². The number of benzene rings is 5. The van der Waals surface area contributed by atoms with Gasteiger partial charge < -0.3 is 0 Å². The molecule has 0 heterocycles. The third kappa shape index (κ3) is 5.91. The lowest BCUT2D eigenvalue weighted by molar-refractivity contribution is 0.336. The van der Waals surface area contributed by atoms with Crippen molar-refractivity contribution < 1.29 is 0 Å². The number of hydrogen-bond donors (Lipinski definition) is 0. The molecule has 0 aliphatic heterocycles. The van der Waals surface area contributed by atoms with Crippen LogP contribution in [0.1, 0.15) is 18.0 Å². The van der Waals surface area contributed by atoms with E-state index in [4.69, 9.17) is 0 Å². The van der Waals surface area contributed by atoms with Crippen molar-refractivity contribution in [1.82, 2.24) is 4.90 Å². The van der Waals surface area contributed by atoms with Crippen molar-refractivity contribution in [2.45, 2.75) is 12.5 Å². The van der Waals surface area contributed by atoms with Gasteiger partial charge >= 0.3 is 0 Å². The molecular formula is C38H35NP2. The summed E-state index contributed by atoms with van der Waals surface area (Å²) in [6.07, 6.45) is 5.76. The van der Waals surface area contributed by atoms with Crippen molar-refractivity contribution in [3.63, 3.8) is 0 Å². The lowest BCUT2D eigenvalue weighted by Gasteiger charge is -2.33. The molecule has 0 radical (unpaired) electrons. The maximum Gasteiger partial charge on any atom is 0.0575 e. The minimum Gasteiger partial charge on any atom is -0.299 e. The molecule has 0 spiro atoms. The van der Waals surface area contributed by atoms with E-state index in [9.17, 15) is 0 Å². The minimum atomic E-state index is -0.720. The van der Waals surface area contributed by atoms with Gasteiger partial charge in [0, 0.05) is 0 Å². The van der Waals surface area contributed by atoms with Crippen LogP contribution >= 0.6 is 15.8 Å². The van der Waals surface area contributed by atoms with Gasteiger partial charge in [0.2, 0.25) is 0 Å². The summed E-state index contributed by atoms with van der Waals surface area (Å²) < 4.78 is 0. The molecule has 1 atom stereocenters. The topological polar surface area (TPSA) is 3.24 Å². The molecule has 0 unspecified atom stereocenters. The van der Waals surface area contributed by atoms with Crippen LogP contribution in [-0.2, 0) is 0 Å². The van der Waals surface area contributed by atoms with E-state index in [1.807, 2.05) is 0 Å². The van der Waals surface area contributed by atoms with E-state index in [-0.39, 0.29) is 6.04 Å². The summed E-state index contributed by atoms with van der Waals surface area (Å²) in [6.45, 7) is 0. The number of rotatable bonds is 9. The predicted octanol–water partition coefficient (Wildman–Crippen LogP) is 7.39. The van der Waals surface area contributed by atoms with Crippen LogP contribution in [0.3, 0.4) is 0 Å². The number of hydrogen-bond acceptors (Lipinski definition) is 1. The van der Waals surface area contributed by atoms with E-state index in [0.29, 0.717) is 0 Å². The summed E-state index contributed by atoms with van der Waals surface area (Å²) in [4.78, 5) is 2.42. The zero-order chi connectivity index (χ0) is 28.0. The molecule has 0 saturated heterocycles. The van der Waals surface area contributed by atoms with Crippen molar-refractivity contribution in [3.8, 4) is 0 Å². The molecule has 1 nitrogen and oxygen atoms in total. The molecule has 0 N–H and O–H groups in total. The quantitative estimate of drug-likeness (QED) is 0.168. The van der Waals surface area contributed by atoms with Crippen LogP contribution in [0.15, 0.2) is 169 Å². The molecule has 5 aromatic carbocycles. The Morgan fingerprint density at radius 2 is 0.927 bits per heavy atom. The number of allylic oxidation sites excluding steroid dienone is 3. The van der Waals surface area contributed by atoms with Crippen LogP contribution in [0.4, 0.5) is 0 Å². The molecule has 0 bridgehead atoms. The summed E-state index contributed by atoms with van der Waals surface area (Å²) >= 11 is 0. The van der Waals surface area contributed by atoms with Crippen LogP contribution in [0, 0.1) is 0 Å². The van der Waals surface area contributed by atoms with Gasteiger partial charge in [0.05, 0.1) is 6.04 Å². The van der Waals surface area contributed by atoms with E-state index < -0.39 is 15.8 Å². The molecule has 3 heteroatoms. The first-order chi connectivity index (χ1) is 20.2. The van der Waals surface area contributed by atoms with E-state index in [0.717, 1.165) is 6.42 Å². The summed E-state index contributed by atoms with van der Waals surface area (Å²) in [7, 11) is 3.08. The van der Waals surface area contributed by atoms with Crippen molar-refractivity contribution in [1.29, 1.82) is 0 Å². The molecule has 41 heavy (non-hydrogen) atoms. The SMILES string of the molecule is CN(C)[C@H](C1=C(P(c2ccccc2)c2ccccc2)C=CC1)c1ccccc1P(c1ccccc1)c1ccccc1. The molecule has 5 aromatic rings. The Balaban J connectivity index is 1.54. The molecule has 0 amide bonds. The van der Waals surface area contributed by atoms with E-state index in [1.165, 1.54) is 43.0 Å². The van der Waals surface area contributed by atoms with Gasteiger partial charge in [0.1, 0.15) is 0 Å². The zero-order valence-corrected chi connectivity index (χ0v) is 25.4. The normalized spacial score (nSPS) is 13.9. The Labute approximate surface area is 247 Å². The second kappa shape index (κ2) is 12.9. The highest BCUT2D eigenvalue weighted by Gasteiger charge is 2.31. The maximum absolute atomic E-state index is 2.42. The third-order valence-corrected chi connectivity index (χ3v) is 12.6. The molecular weight excluding hydrogens is 532 g/mol. The largest absolute Gasteiger partial charge is 0.299 e. The Morgan fingerprint density at radius 3 is 1.39 bits per heavy atom. The van der Waals surface area contributed by atoms with Crippen LogP contribution in [0.2, 0.25) is 0 Å². The molecule has 0 fully saturated rings. The highest BCUT2D eigenvalue weighted by molar-refractivity contribution is 7.80. The Morgan fingerprint density at radius 1 is 0.512 bits per heavy atom. The molecule has 1 aliphatic carbocycles. The second-order valence-electron chi connectivity index (χ2n) is 10.5. The van der Waals surface area contributed by atoms with Gasteiger partial charge in [0.15, 0.2) is 0 Å². The first kappa shape index (κ1) is 27.6.